The lowest BCUT2D eigenvalue weighted by Gasteiger charge is -2.11. The van der Waals surface area contributed by atoms with Crippen LogP contribution in [0.5, 0.6) is 0 Å². The number of fused-ring (bicyclic) bond motifs is 3. The molecule has 0 aromatic carbocycles. The highest BCUT2D eigenvalue weighted by Crippen LogP contribution is 2.24. The molecule has 0 saturated carbocycles. The standard InChI is InChI=1S/C10H9N3O2/c1-6-9-7-2-3-15-10(14)8(7)4-13(9)12-5-11-6/h4-5H,2-3H2,1H3. The quantitative estimate of drug-likeness (QED) is 0.593. The van der Waals surface area contributed by atoms with Crippen molar-refractivity contribution < 1.29 is 9.53 Å². The van der Waals surface area contributed by atoms with Gasteiger partial charge < -0.3 is 4.74 Å². The number of hydrogen-bond donors (Lipinski definition) is 0. The summed E-state index contributed by atoms with van der Waals surface area (Å²) >= 11 is 0. The summed E-state index contributed by atoms with van der Waals surface area (Å²) in [6.07, 6.45) is 3.94. The molecule has 0 fully saturated rings. The van der Waals surface area contributed by atoms with Crippen LogP contribution in [0.15, 0.2) is 12.5 Å². The summed E-state index contributed by atoms with van der Waals surface area (Å²) in [4.78, 5) is 15.6. The molecule has 5 nitrogen and oxygen atoms in total. The topological polar surface area (TPSA) is 56.5 Å². The second kappa shape index (κ2) is 2.79. The zero-order chi connectivity index (χ0) is 10.4. The first-order valence-corrected chi connectivity index (χ1v) is 4.76. The average Bonchev–Trinajstić information content (AvgIpc) is 2.59. The van der Waals surface area contributed by atoms with Crippen LogP contribution >= 0.6 is 0 Å². The normalized spacial score (nSPS) is 15.1. The zero-order valence-corrected chi connectivity index (χ0v) is 8.23. The molecule has 1 aliphatic heterocycles. The summed E-state index contributed by atoms with van der Waals surface area (Å²) in [6, 6.07) is 0. The number of nitrogens with zero attached hydrogens (tertiary/aromatic N) is 3. The summed E-state index contributed by atoms with van der Waals surface area (Å²) < 4.78 is 6.67. The number of esters is 1. The minimum atomic E-state index is -0.263. The predicted molar refractivity (Wildman–Crippen MR) is 51.7 cm³/mol. The number of hydrogen-bond acceptors (Lipinski definition) is 4. The molecule has 2 aromatic rings. The zero-order valence-electron chi connectivity index (χ0n) is 8.23. The first kappa shape index (κ1) is 8.40. The summed E-state index contributed by atoms with van der Waals surface area (Å²) in [5, 5.41) is 4.08. The predicted octanol–water partition coefficient (Wildman–Crippen LogP) is 0.751. The van der Waals surface area contributed by atoms with Gasteiger partial charge in [0.25, 0.3) is 0 Å². The van der Waals surface area contributed by atoms with E-state index in [4.69, 9.17) is 4.74 Å². The molecule has 3 heterocycles. The number of ether oxygens (including phenoxy) is 1. The monoisotopic (exact) mass is 203 g/mol. The number of aromatic nitrogens is 3. The third-order valence-electron chi connectivity index (χ3n) is 2.67. The van der Waals surface area contributed by atoms with Gasteiger partial charge >= 0.3 is 5.97 Å². The van der Waals surface area contributed by atoms with Crippen molar-refractivity contribution >= 4 is 11.5 Å². The fraction of sp³-hybridized carbons (Fsp3) is 0.300. The van der Waals surface area contributed by atoms with Crippen LogP contribution in [-0.2, 0) is 11.2 Å². The van der Waals surface area contributed by atoms with Gasteiger partial charge in [-0.15, -0.1) is 0 Å². The molecule has 0 unspecified atom stereocenters. The molecule has 0 saturated heterocycles. The van der Waals surface area contributed by atoms with Gasteiger partial charge in [0, 0.05) is 12.6 Å². The van der Waals surface area contributed by atoms with Gasteiger partial charge in [-0.2, -0.15) is 5.10 Å². The Morgan fingerprint density at radius 3 is 3.27 bits per heavy atom. The highest BCUT2D eigenvalue weighted by atomic mass is 16.5. The van der Waals surface area contributed by atoms with Crippen molar-refractivity contribution in [2.75, 3.05) is 6.61 Å². The molecular formula is C10H9N3O2. The van der Waals surface area contributed by atoms with Crippen molar-refractivity contribution in [1.82, 2.24) is 14.6 Å². The van der Waals surface area contributed by atoms with Crippen molar-refractivity contribution in [2.45, 2.75) is 13.3 Å². The van der Waals surface area contributed by atoms with E-state index in [-0.39, 0.29) is 5.97 Å². The van der Waals surface area contributed by atoms with Gasteiger partial charge in [0.2, 0.25) is 0 Å². The van der Waals surface area contributed by atoms with E-state index in [0.717, 1.165) is 23.2 Å². The second-order valence-electron chi connectivity index (χ2n) is 3.55. The van der Waals surface area contributed by atoms with E-state index in [1.54, 1.807) is 10.7 Å². The smallest absolute Gasteiger partial charge is 0.340 e. The number of carbonyl (C=O) groups excluding carboxylic acids is 1. The summed E-state index contributed by atoms with van der Waals surface area (Å²) in [5.74, 6) is -0.263. The van der Waals surface area contributed by atoms with E-state index in [1.165, 1.54) is 6.33 Å². The Hall–Kier alpha value is -1.91. The molecule has 0 spiro atoms. The van der Waals surface area contributed by atoms with Gasteiger partial charge in [0.15, 0.2) is 0 Å². The Kier molecular flexibility index (Phi) is 1.56. The Bertz CT molecular complexity index is 559. The summed E-state index contributed by atoms with van der Waals surface area (Å²) in [5.41, 5.74) is 3.44. The summed E-state index contributed by atoms with van der Waals surface area (Å²) in [6.45, 7) is 2.36. The second-order valence-corrected chi connectivity index (χ2v) is 3.55. The summed E-state index contributed by atoms with van der Waals surface area (Å²) in [7, 11) is 0. The van der Waals surface area contributed by atoms with Gasteiger partial charge in [-0.25, -0.2) is 14.3 Å². The van der Waals surface area contributed by atoms with E-state index < -0.39 is 0 Å². The van der Waals surface area contributed by atoms with Crippen LogP contribution in [-0.4, -0.2) is 27.2 Å². The van der Waals surface area contributed by atoms with Gasteiger partial charge in [0.05, 0.1) is 23.4 Å². The molecule has 0 amide bonds. The molecule has 0 aliphatic carbocycles. The fourth-order valence-electron chi connectivity index (χ4n) is 1.99. The van der Waals surface area contributed by atoms with Crippen molar-refractivity contribution in [3.63, 3.8) is 0 Å². The van der Waals surface area contributed by atoms with E-state index in [2.05, 4.69) is 10.1 Å². The van der Waals surface area contributed by atoms with Crippen LogP contribution in [0, 0.1) is 6.92 Å². The minimum Gasteiger partial charge on any atom is -0.462 e. The minimum absolute atomic E-state index is 0.263. The molecule has 2 aromatic heterocycles. The maximum Gasteiger partial charge on any atom is 0.340 e. The van der Waals surface area contributed by atoms with Crippen molar-refractivity contribution in [1.29, 1.82) is 0 Å². The lowest BCUT2D eigenvalue weighted by Crippen LogP contribution is -2.15. The number of aryl methyl sites for hydroxylation is 1. The first-order chi connectivity index (χ1) is 7.27. The van der Waals surface area contributed by atoms with Crippen molar-refractivity contribution in [3.8, 4) is 0 Å². The SMILES string of the molecule is Cc1ncnn2cc3c(c12)CCOC3=O. The van der Waals surface area contributed by atoms with E-state index >= 15 is 0 Å². The Morgan fingerprint density at radius 2 is 2.40 bits per heavy atom. The van der Waals surface area contributed by atoms with Crippen molar-refractivity contribution in [3.05, 3.63) is 29.3 Å². The van der Waals surface area contributed by atoms with E-state index in [0.29, 0.717) is 12.2 Å². The highest BCUT2D eigenvalue weighted by Gasteiger charge is 2.24. The van der Waals surface area contributed by atoms with Crippen LogP contribution in [0.4, 0.5) is 0 Å². The van der Waals surface area contributed by atoms with E-state index in [1.807, 2.05) is 6.92 Å². The number of cyclic esters (lactones) is 1. The fourth-order valence-corrected chi connectivity index (χ4v) is 1.99. The lowest BCUT2D eigenvalue weighted by molar-refractivity contribution is 0.0482. The molecule has 0 atom stereocenters. The largest absolute Gasteiger partial charge is 0.462 e. The molecule has 15 heavy (non-hydrogen) atoms. The van der Waals surface area contributed by atoms with Crippen LogP contribution in [0.25, 0.3) is 5.52 Å². The first-order valence-electron chi connectivity index (χ1n) is 4.76. The maximum atomic E-state index is 11.5. The van der Waals surface area contributed by atoms with E-state index in [9.17, 15) is 4.79 Å². The highest BCUT2D eigenvalue weighted by molar-refractivity contribution is 5.95. The molecule has 1 aliphatic rings. The third-order valence-corrected chi connectivity index (χ3v) is 2.67. The Morgan fingerprint density at radius 1 is 1.53 bits per heavy atom. The van der Waals surface area contributed by atoms with Gasteiger partial charge in [-0.1, -0.05) is 0 Å². The number of rotatable bonds is 0. The van der Waals surface area contributed by atoms with Crippen molar-refractivity contribution in [2.24, 2.45) is 0 Å². The number of carbonyl (C=O) groups is 1. The average molecular weight is 203 g/mol. The Labute approximate surface area is 85.7 Å². The maximum absolute atomic E-state index is 11.5. The molecule has 3 rings (SSSR count). The lowest BCUT2D eigenvalue weighted by atomic mass is 10.1. The molecule has 5 heteroatoms. The van der Waals surface area contributed by atoms with Gasteiger partial charge in [-0.05, 0) is 12.5 Å². The third kappa shape index (κ3) is 1.06. The molecule has 0 N–H and O–H groups in total. The van der Waals surface area contributed by atoms with Crippen LogP contribution in [0.3, 0.4) is 0 Å². The van der Waals surface area contributed by atoms with Gasteiger partial charge in [0.1, 0.15) is 6.33 Å². The van der Waals surface area contributed by atoms with Gasteiger partial charge in [-0.3, -0.25) is 0 Å². The van der Waals surface area contributed by atoms with Crippen LogP contribution < -0.4 is 0 Å². The van der Waals surface area contributed by atoms with Crippen LogP contribution in [0.2, 0.25) is 0 Å². The Balaban J connectivity index is 2.41. The molecule has 76 valence electrons. The van der Waals surface area contributed by atoms with Crippen LogP contribution in [0.1, 0.15) is 21.6 Å². The molecular weight excluding hydrogens is 194 g/mol. The molecule has 0 radical (unpaired) electrons. The molecule has 0 bridgehead atoms.